The lowest BCUT2D eigenvalue weighted by Gasteiger charge is -2.35. The molecular weight excluding hydrogens is 476 g/mol. The van der Waals surface area contributed by atoms with Crippen LogP contribution < -0.4 is 9.64 Å². The van der Waals surface area contributed by atoms with Crippen LogP contribution in [-0.4, -0.2) is 56.8 Å². The highest BCUT2D eigenvalue weighted by molar-refractivity contribution is 5.87. The van der Waals surface area contributed by atoms with Crippen molar-refractivity contribution in [3.8, 4) is 11.8 Å². The van der Waals surface area contributed by atoms with Crippen molar-refractivity contribution in [3.63, 3.8) is 0 Å². The van der Waals surface area contributed by atoms with Crippen LogP contribution in [0.3, 0.4) is 0 Å². The maximum atomic E-state index is 12.2. The lowest BCUT2D eigenvalue weighted by molar-refractivity contribution is -0.126. The first-order chi connectivity index (χ1) is 18.7. The Balaban J connectivity index is 1.21. The molecule has 1 saturated heterocycles. The van der Waals surface area contributed by atoms with Gasteiger partial charge in [0.25, 0.3) is 0 Å². The van der Waals surface area contributed by atoms with Gasteiger partial charge in [0.15, 0.2) is 5.75 Å². The first kappa shape index (κ1) is 23.3. The van der Waals surface area contributed by atoms with E-state index in [4.69, 9.17) is 14.7 Å². The Bertz CT molecular complexity index is 1400. The number of benzene rings is 1. The molecule has 194 valence electrons. The fourth-order valence-corrected chi connectivity index (χ4v) is 6.20. The monoisotopic (exact) mass is 508 g/mol. The number of fused-ring (bicyclic) bond motifs is 2. The van der Waals surface area contributed by atoms with E-state index in [1.54, 1.807) is 0 Å². The Kier molecular flexibility index (Phi) is 5.84. The zero-order valence-electron chi connectivity index (χ0n) is 21.6. The molecular formula is C30H32N6O2. The molecule has 1 amide bonds. The maximum absolute atomic E-state index is 12.2. The number of hydrogen-bond donors (Lipinski definition) is 0. The lowest BCUT2D eigenvalue weighted by Crippen LogP contribution is -2.48. The van der Waals surface area contributed by atoms with E-state index >= 15 is 0 Å². The molecule has 0 N–H and O–H groups in total. The number of piperazine rings is 1. The van der Waals surface area contributed by atoms with E-state index < -0.39 is 0 Å². The first-order valence-corrected chi connectivity index (χ1v) is 13.7. The summed E-state index contributed by atoms with van der Waals surface area (Å²) in [5.41, 5.74) is 6.11. The zero-order chi connectivity index (χ0) is 25.6. The predicted octanol–water partition coefficient (Wildman–Crippen LogP) is 4.38. The third-order valence-corrected chi connectivity index (χ3v) is 8.34. The van der Waals surface area contributed by atoms with Crippen molar-refractivity contribution in [1.82, 2.24) is 24.8 Å². The Hall–Kier alpha value is -3.78. The highest BCUT2D eigenvalue weighted by Crippen LogP contribution is 2.45. The molecule has 2 aromatic heterocycles. The minimum Gasteiger partial charge on any atom is -0.422 e. The average molecular weight is 509 g/mol. The smallest absolute Gasteiger partial charge is 0.324 e. The van der Waals surface area contributed by atoms with Crippen LogP contribution in [-0.2, 0) is 24.3 Å². The van der Waals surface area contributed by atoms with Crippen LogP contribution >= 0.6 is 0 Å². The van der Waals surface area contributed by atoms with Gasteiger partial charge in [-0.3, -0.25) is 14.7 Å². The number of amides is 1. The molecule has 8 nitrogen and oxygen atoms in total. The normalized spacial score (nSPS) is 20.8. The molecule has 4 aliphatic rings. The summed E-state index contributed by atoms with van der Waals surface area (Å²) in [5, 5.41) is 0. The quantitative estimate of drug-likeness (QED) is 0.458. The highest BCUT2D eigenvalue weighted by atomic mass is 16.5. The number of carbonyl (C=O) groups is 1. The molecule has 2 aliphatic carbocycles. The van der Waals surface area contributed by atoms with E-state index in [-0.39, 0.29) is 5.91 Å². The maximum Gasteiger partial charge on any atom is 0.324 e. The molecule has 0 bridgehead atoms. The molecule has 1 saturated carbocycles. The van der Waals surface area contributed by atoms with Crippen LogP contribution in [0.25, 0.3) is 0 Å². The van der Waals surface area contributed by atoms with Gasteiger partial charge in [-0.2, -0.15) is 9.97 Å². The van der Waals surface area contributed by atoms with Gasteiger partial charge in [0, 0.05) is 63.0 Å². The van der Waals surface area contributed by atoms with Crippen molar-refractivity contribution in [2.24, 2.45) is 0 Å². The number of aryl methyl sites for hydroxylation is 1. The van der Waals surface area contributed by atoms with Gasteiger partial charge in [-0.1, -0.05) is 30.8 Å². The standard InChI is InChI=1S/C30H32N6O2/c1-2-27(37)34-14-16-35(17-15-34)29-23-18-36(25-12-11-20-6-3-4-7-22(20)25)19-24(23)32-30(33-29)38-26-8-5-13-31-28(26)21-9-10-21/h2-8,13,21,25H,1,9-12,14-19H2. The number of nitrogens with zero attached hydrogens (tertiary/aromatic N) is 6. The predicted molar refractivity (Wildman–Crippen MR) is 144 cm³/mol. The van der Waals surface area contributed by atoms with Gasteiger partial charge >= 0.3 is 6.01 Å². The second-order valence-corrected chi connectivity index (χ2v) is 10.7. The molecule has 0 radical (unpaired) electrons. The molecule has 0 spiro atoms. The van der Waals surface area contributed by atoms with Gasteiger partial charge in [0.1, 0.15) is 5.82 Å². The van der Waals surface area contributed by atoms with Gasteiger partial charge in [-0.05, 0) is 55.0 Å². The second-order valence-electron chi connectivity index (χ2n) is 10.7. The summed E-state index contributed by atoms with van der Waals surface area (Å²) in [4.78, 5) is 33.4. The highest BCUT2D eigenvalue weighted by Gasteiger charge is 2.36. The molecule has 4 heterocycles. The third-order valence-electron chi connectivity index (χ3n) is 8.34. The van der Waals surface area contributed by atoms with Crippen LogP contribution in [0.15, 0.2) is 55.3 Å². The second kappa shape index (κ2) is 9.51. The fourth-order valence-electron chi connectivity index (χ4n) is 6.20. The Morgan fingerprint density at radius 3 is 2.66 bits per heavy atom. The summed E-state index contributed by atoms with van der Waals surface area (Å²) in [7, 11) is 0. The zero-order valence-corrected chi connectivity index (χ0v) is 21.6. The first-order valence-electron chi connectivity index (χ1n) is 13.7. The minimum atomic E-state index is -0.0168. The summed E-state index contributed by atoms with van der Waals surface area (Å²) in [5.74, 6) is 2.13. The number of pyridine rings is 1. The number of hydrogen-bond acceptors (Lipinski definition) is 7. The van der Waals surface area contributed by atoms with Crippen molar-refractivity contribution < 1.29 is 9.53 Å². The van der Waals surface area contributed by atoms with Gasteiger partial charge in [-0.15, -0.1) is 0 Å². The average Bonchev–Trinajstić information content (AvgIpc) is 3.57. The fraction of sp³-hybridized carbons (Fsp3) is 0.400. The molecule has 2 fully saturated rings. The summed E-state index contributed by atoms with van der Waals surface area (Å²) in [6.45, 7) is 7.96. The summed E-state index contributed by atoms with van der Waals surface area (Å²) >= 11 is 0. The number of aromatic nitrogens is 3. The van der Waals surface area contributed by atoms with E-state index in [1.165, 1.54) is 22.8 Å². The van der Waals surface area contributed by atoms with Gasteiger partial charge < -0.3 is 14.5 Å². The van der Waals surface area contributed by atoms with E-state index in [1.807, 2.05) is 23.2 Å². The van der Waals surface area contributed by atoms with E-state index in [0.29, 0.717) is 31.1 Å². The van der Waals surface area contributed by atoms with Crippen molar-refractivity contribution >= 4 is 11.7 Å². The molecule has 1 unspecified atom stereocenters. The Labute approximate surface area is 223 Å². The molecule has 8 heteroatoms. The number of ether oxygens (including phenoxy) is 1. The van der Waals surface area contributed by atoms with Crippen molar-refractivity contribution in [1.29, 1.82) is 0 Å². The molecule has 7 rings (SSSR count). The molecule has 3 aromatic rings. The van der Waals surface area contributed by atoms with Crippen molar-refractivity contribution in [2.75, 3.05) is 31.1 Å². The van der Waals surface area contributed by atoms with Gasteiger partial charge in [0.2, 0.25) is 5.91 Å². The van der Waals surface area contributed by atoms with E-state index in [2.05, 4.69) is 45.6 Å². The van der Waals surface area contributed by atoms with E-state index in [9.17, 15) is 4.79 Å². The van der Waals surface area contributed by atoms with Crippen LogP contribution in [0, 0.1) is 0 Å². The van der Waals surface area contributed by atoms with Gasteiger partial charge in [-0.25, -0.2) is 0 Å². The molecule has 2 aliphatic heterocycles. The molecule has 1 atom stereocenters. The summed E-state index contributed by atoms with van der Waals surface area (Å²) in [6.07, 6.45) is 7.76. The Morgan fingerprint density at radius 2 is 1.84 bits per heavy atom. The summed E-state index contributed by atoms with van der Waals surface area (Å²) < 4.78 is 6.35. The molecule has 1 aromatic carbocycles. The van der Waals surface area contributed by atoms with Crippen LogP contribution in [0.1, 0.15) is 59.3 Å². The minimum absolute atomic E-state index is 0.0168. The Morgan fingerprint density at radius 1 is 1.00 bits per heavy atom. The van der Waals surface area contributed by atoms with Crippen molar-refractivity contribution in [3.05, 3.63) is 83.3 Å². The van der Waals surface area contributed by atoms with E-state index in [0.717, 1.165) is 74.8 Å². The largest absolute Gasteiger partial charge is 0.422 e. The van der Waals surface area contributed by atoms with Crippen molar-refractivity contribution in [2.45, 2.75) is 50.7 Å². The van der Waals surface area contributed by atoms with Crippen LogP contribution in [0.5, 0.6) is 11.8 Å². The summed E-state index contributed by atoms with van der Waals surface area (Å²) in [6, 6.07) is 13.5. The number of anilines is 1. The van der Waals surface area contributed by atoms with Gasteiger partial charge in [0.05, 0.1) is 11.4 Å². The third kappa shape index (κ3) is 4.22. The van der Waals surface area contributed by atoms with Crippen LogP contribution in [0.2, 0.25) is 0 Å². The van der Waals surface area contributed by atoms with Crippen LogP contribution in [0.4, 0.5) is 5.82 Å². The number of carbonyl (C=O) groups excluding carboxylic acids is 1. The molecule has 38 heavy (non-hydrogen) atoms. The SMILES string of the molecule is C=CC(=O)N1CCN(c2nc(Oc3cccnc3C3CC3)nc3c2CN(C2CCc4ccccc42)C3)CC1. The lowest BCUT2D eigenvalue weighted by atomic mass is 10.1. The topological polar surface area (TPSA) is 74.7 Å². The number of rotatable bonds is 6.